The second-order valence-corrected chi connectivity index (χ2v) is 7.84. The molecule has 2 aromatic rings. The standard InChI is InChI=1S/C17H15F2N3O4S/c18-11-5-6-15(14(19)9-11)21-17(24)16(23)20-12-3-1-4-13(10-12)22-7-2-8-27(22,25)26/h1,3-6,9-10H,2,7-8H2,(H,20,23)(H,21,24). The number of rotatable bonds is 3. The molecule has 2 amide bonds. The van der Waals surface area contributed by atoms with E-state index in [1.54, 1.807) is 6.07 Å². The van der Waals surface area contributed by atoms with Gasteiger partial charge in [-0.3, -0.25) is 13.9 Å². The quantitative estimate of drug-likeness (QED) is 0.778. The summed E-state index contributed by atoms with van der Waals surface area (Å²) in [6, 6.07) is 8.53. The summed E-state index contributed by atoms with van der Waals surface area (Å²) in [5.41, 5.74) is 0.234. The van der Waals surface area contributed by atoms with E-state index in [4.69, 9.17) is 0 Å². The lowest BCUT2D eigenvalue weighted by atomic mass is 10.2. The van der Waals surface area contributed by atoms with E-state index in [0.717, 1.165) is 12.1 Å². The Balaban J connectivity index is 1.70. The van der Waals surface area contributed by atoms with E-state index in [2.05, 4.69) is 5.32 Å². The summed E-state index contributed by atoms with van der Waals surface area (Å²) in [7, 11) is -3.38. The Labute approximate surface area is 154 Å². The summed E-state index contributed by atoms with van der Waals surface area (Å²) in [4.78, 5) is 23.9. The molecule has 3 rings (SSSR count). The van der Waals surface area contributed by atoms with Crippen LogP contribution >= 0.6 is 0 Å². The normalized spacial score (nSPS) is 15.4. The smallest absolute Gasteiger partial charge is 0.314 e. The lowest BCUT2D eigenvalue weighted by molar-refractivity contribution is -0.133. The SMILES string of the molecule is O=C(Nc1cccc(N2CCCS2(=O)=O)c1)C(=O)Nc1ccc(F)cc1F. The molecule has 1 aliphatic heterocycles. The first-order chi connectivity index (χ1) is 12.8. The molecule has 0 spiro atoms. The summed E-state index contributed by atoms with van der Waals surface area (Å²) in [5, 5.41) is 4.36. The molecule has 1 fully saturated rings. The van der Waals surface area contributed by atoms with Gasteiger partial charge in [-0.1, -0.05) is 6.07 Å². The van der Waals surface area contributed by atoms with Gasteiger partial charge < -0.3 is 10.6 Å². The highest BCUT2D eigenvalue weighted by Crippen LogP contribution is 2.26. The van der Waals surface area contributed by atoms with E-state index in [0.29, 0.717) is 24.7 Å². The predicted molar refractivity (Wildman–Crippen MR) is 95.8 cm³/mol. The minimum Gasteiger partial charge on any atom is -0.318 e. The number of amides is 2. The van der Waals surface area contributed by atoms with Gasteiger partial charge in [0.25, 0.3) is 0 Å². The molecule has 0 saturated carbocycles. The number of nitrogens with one attached hydrogen (secondary N) is 2. The molecule has 0 aliphatic carbocycles. The Kier molecular flexibility index (Phi) is 5.08. The van der Waals surface area contributed by atoms with Crippen LogP contribution in [0, 0.1) is 11.6 Å². The number of halogens is 2. The Morgan fingerprint density at radius 2 is 1.74 bits per heavy atom. The third-order valence-corrected chi connectivity index (χ3v) is 5.75. The van der Waals surface area contributed by atoms with Gasteiger partial charge in [0.15, 0.2) is 0 Å². The molecule has 2 aromatic carbocycles. The minimum absolute atomic E-state index is 0.0508. The summed E-state index contributed by atoms with van der Waals surface area (Å²) >= 11 is 0. The maximum atomic E-state index is 13.6. The van der Waals surface area contributed by atoms with Crippen LogP contribution in [0.4, 0.5) is 25.8 Å². The molecule has 0 atom stereocenters. The second-order valence-electron chi connectivity index (χ2n) is 5.82. The average molecular weight is 395 g/mol. The first-order valence-electron chi connectivity index (χ1n) is 7.94. The van der Waals surface area contributed by atoms with Crippen molar-refractivity contribution in [3.05, 3.63) is 54.1 Å². The number of hydrogen-bond donors (Lipinski definition) is 2. The van der Waals surface area contributed by atoms with Crippen molar-refractivity contribution < 1.29 is 26.8 Å². The Morgan fingerprint density at radius 1 is 1.00 bits per heavy atom. The number of carbonyl (C=O) groups excluding carboxylic acids is 2. The molecular formula is C17H15F2N3O4S. The predicted octanol–water partition coefficient (Wildman–Crippen LogP) is 2.08. The van der Waals surface area contributed by atoms with Crippen molar-refractivity contribution in [3.63, 3.8) is 0 Å². The van der Waals surface area contributed by atoms with Crippen LogP contribution in [0.25, 0.3) is 0 Å². The van der Waals surface area contributed by atoms with Crippen molar-refractivity contribution in [1.29, 1.82) is 0 Å². The molecule has 1 saturated heterocycles. The number of hydrogen-bond acceptors (Lipinski definition) is 4. The molecule has 0 bridgehead atoms. The topological polar surface area (TPSA) is 95.6 Å². The van der Waals surface area contributed by atoms with E-state index in [-0.39, 0.29) is 17.1 Å². The van der Waals surface area contributed by atoms with Crippen molar-refractivity contribution in [2.75, 3.05) is 27.2 Å². The molecule has 0 aromatic heterocycles. The minimum atomic E-state index is -3.38. The van der Waals surface area contributed by atoms with Crippen molar-refractivity contribution in [1.82, 2.24) is 0 Å². The largest absolute Gasteiger partial charge is 0.318 e. The molecule has 1 heterocycles. The van der Waals surface area contributed by atoms with Crippen LogP contribution < -0.4 is 14.9 Å². The fourth-order valence-corrected chi connectivity index (χ4v) is 4.18. The summed E-state index contributed by atoms with van der Waals surface area (Å²) in [6.07, 6.45) is 0.505. The molecule has 27 heavy (non-hydrogen) atoms. The van der Waals surface area contributed by atoms with Gasteiger partial charge in [-0.2, -0.15) is 0 Å². The van der Waals surface area contributed by atoms with Gasteiger partial charge in [-0.05, 0) is 36.8 Å². The number of nitrogens with zero attached hydrogens (tertiary/aromatic N) is 1. The number of carbonyl (C=O) groups is 2. The lowest BCUT2D eigenvalue weighted by Crippen LogP contribution is -2.29. The molecule has 0 unspecified atom stereocenters. The van der Waals surface area contributed by atoms with E-state index in [9.17, 15) is 26.8 Å². The van der Waals surface area contributed by atoms with Gasteiger partial charge >= 0.3 is 11.8 Å². The summed E-state index contributed by atoms with van der Waals surface area (Å²) < 4.78 is 51.6. The van der Waals surface area contributed by atoms with Gasteiger partial charge in [0.1, 0.15) is 11.6 Å². The van der Waals surface area contributed by atoms with E-state index in [1.807, 2.05) is 5.32 Å². The highest BCUT2D eigenvalue weighted by molar-refractivity contribution is 7.93. The van der Waals surface area contributed by atoms with E-state index in [1.165, 1.54) is 22.5 Å². The third kappa shape index (κ3) is 4.22. The fourth-order valence-electron chi connectivity index (χ4n) is 2.63. The first-order valence-corrected chi connectivity index (χ1v) is 9.55. The number of anilines is 3. The average Bonchev–Trinajstić information content (AvgIpc) is 2.96. The van der Waals surface area contributed by atoms with Crippen LogP contribution in [-0.2, 0) is 19.6 Å². The summed E-state index contributed by atoms with van der Waals surface area (Å²) in [6.45, 7) is 0.337. The van der Waals surface area contributed by atoms with Gasteiger partial charge in [-0.25, -0.2) is 17.2 Å². The fraction of sp³-hybridized carbons (Fsp3) is 0.176. The lowest BCUT2D eigenvalue weighted by Gasteiger charge is -2.17. The van der Waals surface area contributed by atoms with Crippen molar-refractivity contribution >= 4 is 38.9 Å². The van der Waals surface area contributed by atoms with Gasteiger partial charge in [0, 0.05) is 18.3 Å². The molecule has 10 heteroatoms. The molecule has 2 N–H and O–H groups in total. The molecular weight excluding hydrogens is 380 g/mol. The van der Waals surface area contributed by atoms with Crippen molar-refractivity contribution in [3.8, 4) is 0 Å². The Morgan fingerprint density at radius 3 is 2.41 bits per heavy atom. The summed E-state index contributed by atoms with van der Waals surface area (Å²) in [5.74, 6) is -4.02. The van der Waals surface area contributed by atoms with Gasteiger partial charge in [0.2, 0.25) is 10.0 Å². The second kappa shape index (κ2) is 7.31. The Hall–Kier alpha value is -3.01. The van der Waals surface area contributed by atoms with Crippen LogP contribution in [-0.4, -0.2) is 32.5 Å². The van der Waals surface area contributed by atoms with Gasteiger partial charge in [0.05, 0.1) is 17.1 Å². The molecule has 0 radical (unpaired) electrons. The van der Waals surface area contributed by atoms with Crippen LogP contribution in [0.5, 0.6) is 0 Å². The van der Waals surface area contributed by atoms with E-state index < -0.39 is 33.5 Å². The highest BCUT2D eigenvalue weighted by atomic mass is 32.2. The molecule has 1 aliphatic rings. The third-order valence-electron chi connectivity index (χ3n) is 3.88. The van der Waals surface area contributed by atoms with E-state index >= 15 is 0 Å². The van der Waals surface area contributed by atoms with Crippen LogP contribution in [0.3, 0.4) is 0 Å². The van der Waals surface area contributed by atoms with Gasteiger partial charge in [-0.15, -0.1) is 0 Å². The molecule has 7 nitrogen and oxygen atoms in total. The van der Waals surface area contributed by atoms with Crippen LogP contribution in [0.2, 0.25) is 0 Å². The number of sulfonamides is 1. The van der Waals surface area contributed by atoms with Crippen molar-refractivity contribution in [2.45, 2.75) is 6.42 Å². The first kappa shape index (κ1) is 18.8. The highest BCUT2D eigenvalue weighted by Gasteiger charge is 2.28. The molecule has 142 valence electrons. The number of benzene rings is 2. The zero-order valence-electron chi connectivity index (χ0n) is 13.9. The zero-order chi connectivity index (χ0) is 19.6. The van der Waals surface area contributed by atoms with Crippen LogP contribution in [0.1, 0.15) is 6.42 Å². The Bertz CT molecular complexity index is 1010. The van der Waals surface area contributed by atoms with Crippen molar-refractivity contribution in [2.24, 2.45) is 0 Å². The van der Waals surface area contributed by atoms with Crippen LogP contribution in [0.15, 0.2) is 42.5 Å². The maximum Gasteiger partial charge on any atom is 0.314 e. The maximum absolute atomic E-state index is 13.6. The zero-order valence-corrected chi connectivity index (χ0v) is 14.7. The monoisotopic (exact) mass is 395 g/mol.